The van der Waals surface area contributed by atoms with Crippen LogP contribution in [0.25, 0.3) is 0 Å². The molecule has 0 spiro atoms. The Morgan fingerprint density at radius 2 is 1.89 bits per heavy atom. The molecule has 1 saturated carbocycles. The van der Waals surface area contributed by atoms with Gasteiger partial charge in [-0.1, -0.05) is 37.1 Å². The third-order valence-electron chi connectivity index (χ3n) is 5.39. The summed E-state index contributed by atoms with van der Waals surface area (Å²) < 4.78 is 11.0. The normalized spacial score (nSPS) is 16.1. The van der Waals surface area contributed by atoms with Crippen LogP contribution in [0.1, 0.15) is 57.1 Å². The lowest BCUT2D eigenvalue weighted by molar-refractivity contribution is 0.0657. The number of hydrogen-bond donors (Lipinski definition) is 2. The van der Waals surface area contributed by atoms with Gasteiger partial charge in [0.15, 0.2) is 5.96 Å². The first-order valence-electron chi connectivity index (χ1n) is 10.2. The molecule has 2 rings (SSSR count). The standard InChI is InChI=1S/C22H37N3O2.HI/c1-18(2)27-16-20-9-7-8-19(14-20)15-24-21(23-3)25-17-22(12-13-26-4)10-5-6-11-22;/h7-9,14,18H,5-6,10-13,15-17H2,1-4H3,(H2,23,24,25);1H. The fraction of sp³-hybridized carbons (Fsp3) is 0.682. The molecule has 0 unspecified atom stereocenters. The maximum atomic E-state index is 5.70. The molecule has 0 atom stereocenters. The summed E-state index contributed by atoms with van der Waals surface area (Å²) in [5.41, 5.74) is 2.79. The summed E-state index contributed by atoms with van der Waals surface area (Å²) in [4.78, 5) is 4.40. The number of methoxy groups -OCH3 is 1. The number of guanidine groups is 1. The first-order chi connectivity index (χ1) is 13.1. The van der Waals surface area contributed by atoms with Gasteiger partial charge in [-0.05, 0) is 49.7 Å². The van der Waals surface area contributed by atoms with Crippen molar-refractivity contribution in [1.29, 1.82) is 0 Å². The lowest BCUT2D eigenvalue weighted by Gasteiger charge is -2.30. The molecule has 1 aliphatic carbocycles. The topological polar surface area (TPSA) is 54.9 Å². The van der Waals surface area contributed by atoms with E-state index < -0.39 is 0 Å². The third-order valence-corrected chi connectivity index (χ3v) is 5.39. The summed E-state index contributed by atoms with van der Waals surface area (Å²) in [7, 11) is 3.62. The van der Waals surface area contributed by atoms with E-state index in [0.717, 1.165) is 32.1 Å². The molecular formula is C22H38IN3O2. The molecule has 1 aromatic carbocycles. The minimum Gasteiger partial charge on any atom is -0.385 e. The Morgan fingerprint density at radius 3 is 2.54 bits per heavy atom. The van der Waals surface area contributed by atoms with Gasteiger partial charge in [0.25, 0.3) is 0 Å². The van der Waals surface area contributed by atoms with E-state index in [1.54, 1.807) is 7.11 Å². The predicted molar refractivity (Wildman–Crippen MR) is 127 cm³/mol. The van der Waals surface area contributed by atoms with Gasteiger partial charge in [0.1, 0.15) is 0 Å². The second-order valence-corrected chi connectivity index (χ2v) is 7.91. The molecule has 6 heteroatoms. The fourth-order valence-electron chi connectivity index (χ4n) is 3.73. The van der Waals surface area contributed by atoms with E-state index in [-0.39, 0.29) is 30.1 Å². The Hall–Kier alpha value is -0.860. The van der Waals surface area contributed by atoms with Crippen LogP contribution in [-0.4, -0.2) is 39.4 Å². The van der Waals surface area contributed by atoms with Gasteiger partial charge in [-0.3, -0.25) is 4.99 Å². The average Bonchev–Trinajstić information content (AvgIpc) is 3.14. The van der Waals surface area contributed by atoms with Crippen molar-refractivity contribution < 1.29 is 9.47 Å². The molecule has 0 radical (unpaired) electrons. The smallest absolute Gasteiger partial charge is 0.191 e. The quantitative estimate of drug-likeness (QED) is 0.281. The third kappa shape index (κ3) is 8.66. The molecule has 5 nitrogen and oxygen atoms in total. The number of halogens is 1. The van der Waals surface area contributed by atoms with E-state index in [4.69, 9.17) is 9.47 Å². The van der Waals surface area contributed by atoms with Crippen LogP contribution in [0.5, 0.6) is 0 Å². The Balaban J connectivity index is 0.00000392. The van der Waals surface area contributed by atoms with Crippen LogP contribution in [0.3, 0.4) is 0 Å². The first kappa shape index (κ1) is 25.2. The fourth-order valence-corrected chi connectivity index (χ4v) is 3.73. The second kappa shape index (κ2) is 13.4. The number of aliphatic imine (C=N–C) groups is 1. The number of nitrogens with zero attached hydrogens (tertiary/aromatic N) is 1. The van der Waals surface area contributed by atoms with E-state index in [9.17, 15) is 0 Å². The van der Waals surface area contributed by atoms with Crippen molar-refractivity contribution >= 4 is 29.9 Å². The summed E-state index contributed by atoms with van der Waals surface area (Å²) in [6, 6.07) is 8.53. The van der Waals surface area contributed by atoms with E-state index in [1.807, 2.05) is 7.05 Å². The maximum Gasteiger partial charge on any atom is 0.191 e. The Morgan fingerprint density at radius 1 is 1.18 bits per heavy atom. The van der Waals surface area contributed by atoms with E-state index in [1.165, 1.54) is 36.8 Å². The van der Waals surface area contributed by atoms with Crippen molar-refractivity contribution in [2.75, 3.05) is 27.3 Å². The monoisotopic (exact) mass is 503 g/mol. The van der Waals surface area contributed by atoms with Crippen LogP contribution in [0, 0.1) is 5.41 Å². The first-order valence-corrected chi connectivity index (χ1v) is 10.2. The second-order valence-electron chi connectivity index (χ2n) is 7.91. The van der Waals surface area contributed by atoms with Gasteiger partial charge in [-0.2, -0.15) is 0 Å². The minimum atomic E-state index is 0. The zero-order valence-electron chi connectivity index (χ0n) is 17.9. The molecule has 0 bridgehead atoms. The highest BCUT2D eigenvalue weighted by Crippen LogP contribution is 2.40. The average molecular weight is 503 g/mol. The lowest BCUT2D eigenvalue weighted by atomic mass is 9.83. The van der Waals surface area contributed by atoms with E-state index in [2.05, 4.69) is 53.7 Å². The van der Waals surface area contributed by atoms with Crippen molar-refractivity contribution in [3.8, 4) is 0 Å². The zero-order chi connectivity index (χ0) is 19.5. The number of nitrogens with one attached hydrogen (secondary N) is 2. The molecule has 28 heavy (non-hydrogen) atoms. The molecule has 0 aliphatic heterocycles. The zero-order valence-corrected chi connectivity index (χ0v) is 20.3. The van der Waals surface area contributed by atoms with Crippen LogP contribution in [0.15, 0.2) is 29.3 Å². The van der Waals surface area contributed by atoms with Gasteiger partial charge < -0.3 is 20.1 Å². The predicted octanol–water partition coefficient (Wildman–Crippen LogP) is 4.49. The van der Waals surface area contributed by atoms with Crippen molar-refractivity contribution in [3.63, 3.8) is 0 Å². The van der Waals surface area contributed by atoms with Crippen molar-refractivity contribution in [1.82, 2.24) is 10.6 Å². The molecule has 0 aromatic heterocycles. The summed E-state index contributed by atoms with van der Waals surface area (Å²) >= 11 is 0. The highest BCUT2D eigenvalue weighted by atomic mass is 127. The summed E-state index contributed by atoms with van der Waals surface area (Å²) in [5, 5.41) is 6.99. The van der Waals surface area contributed by atoms with E-state index in [0.29, 0.717) is 12.0 Å². The van der Waals surface area contributed by atoms with Gasteiger partial charge in [-0.25, -0.2) is 0 Å². The van der Waals surface area contributed by atoms with Crippen LogP contribution >= 0.6 is 24.0 Å². The SMILES string of the molecule is CN=C(NCc1cccc(COC(C)C)c1)NCC1(CCOC)CCCC1.I. The van der Waals surface area contributed by atoms with Gasteiger partial charge in [-0.15, -0.1) is 24.0 Å². The summed E-state index contributed by atoms with van der Waals surface area (Å²) in [6.07, 6.45) is 6.56. The number of hydrogen-bond acceptors (Lipinski definition) is 3. The molecule has 1 aromatic rings. The van der Waals surface area contributed by atoms with Gasteiger partial charge in [0.2, 0.25) is 0 Å². The Kier molecular flexibility index (Phi) is 12.0. The van der Waals surface area contributed by atoms with Crippen molar-refractivity contribution in [2.45, 2.75) is 65.2 Å². The number of benzene rings is 1. The molecular weight excluding hydrogens is 465 g/mol. The van der Waals surface area contributed by atoms with Gasteiger partial charge >= 0.3 is 0 Å². The maximum absolute atomic E-state index is 5.70. The highest BCUT2D eigenvalue weighted by molar-refractivity contribution is 14.0. The minimum absolute atomic E-state index is 0. The Labute approximate surface area is 188 Å². The van der Waals surface area contributed by atoms with Gasteiger partial charge in [0, 0.05) is 33.9 Å². The largest absolute Gasteiger partial charge is 0.385 e. The van der Waals surface area contributed by atoms with Crippen LogP contribution in [0.2, 0.25) is 0 Å². The highest BCUT2D eigenvalue weighted by Gasteiger charge is 2.33. The molecule has 160 valence electrons. The van der Waals surface area contributed by atoms with Crippen LogP contribution < -0.4 is 10.6 Å². The number of ether oxygens (including phenoxy) is 2. The van der Waals surface area contributed by atoms with E-state index >= 15 is 0 Å². The molecule has 0 saturated heterocycles. The summed E-state index contributed by atoms with van der Waals surface area (Å²) in [5.74, 6) is 0.863. The molecule has 0 heterocycles. The molecule has 1 aliphatic rings. The van der Waals surface area contributed by atoms with Gasteiger partial charge in [0.05, 0.1) is 12.7 Å². The van der Waals surface area contributed by atoms with Crippen LogP contribution in [-0.2, 0) is 22.6 Å². The molecule has 0 amide bonds. The van der Waals surface area contributed by atoms with Crippen LogP contribution in [0.4, 0.5) is 0 Å². The Bertz CT molecular complexity index is 587. The molecule has 1 fully saturated rings. The lowest BCUT2D eigenvalue weighted by Crippen LogP contribution is -2.43. The van der Waals surface area contributed by atoms with Crippen molar-refractivity contribution in [3.05, 3.63) is 35.4 Å². The molecule has 2 N–H and O–H groups in total. The van der Waals surface area contributed by atoms with Crippen molar-refractivity contribution in [2.24, 2.45) is 10.4 Å². The summed E-state index contributed by atoms with van der Waals surface area (Å²) in [6.45, 7) is 7.31. The number of rotatable bonds is 10.